The molecule has 1 fully saturated rings. The van der Waals surface area contributed by atoms with Gasteiger partial charge in [0, 0.05) is 11.5 Å². The summed E-state index contributed by atoms with van der Waals surface area (Å²) < 4.78 is 11.2. The molecular formula is C55H73MgN4O5-3. The largest absolute Gasteiger partial charge is 2.00 e. The molecule has 9 nitrogen and oxygen atoms in total. The van der Waals surface area contributed by atoms with Crippen molar-refractivity contribution in [2.45, 2.75) is 146 Å². The Morgan fingerprint density at radius 2 is 1.74 bits per heavy atom. The summed E-state index contributed by atoms with van der Waals surface area (Å²) >= 11 is 0. The van der Waals surface area contributed by atoms with Crippen molar-refractivity contribution in [3.8, 4) is 0 Å². The van der Waals surface area contributed by atoms with Crippen LogP contribution in [0, 0.1) is 60.8 Å². The summed E-state index contributed by atoms with van der Waals surface area (Å²) in [4.78, 5) is 33.1. The van der Waals surface area contributed by atoms with Gasteiger partial charge in [-0.25, -0.2) is 5.92 Å². The molecule has 348 valence electrons. The number of nitrogens with zero attached hydrogens (tertiary/aromatic N) is 4. The van der Waals surface area contributed by atoms with Gasteiger partial charge in [-0.15, -0.1) is 17.1 Å². The molecule has 1 aromatic heterocycles. The Morgan fingerprint density at radius 3 is 2.38 bits per heavy atom. The number of rotatable bonds is 21. The maximum Gasteiger partial charge on any atom is 2.00 e. The normalized spacial score (nSPS) is 24.5. The van der Waals surface area contributed by atoms with Gasteiger partial charge in [0.1, 0.15) is 5.92 Å². The van der Waals surface area contributed by atoms with E-state index in [0.29, 0.717) is 59.3 Å². The number of methoxy groups -OCH3 is 1. The van der Waals surface area contributed by atoms with Crippen LogP contribution in [0.3, 0.4) is 0 Å². The van der Waals surface area contributed by atoms with Crippen molar-refractivity contribution in [2.75, 3.05) is 13.7 Å². The van der Waals surface area contributed by atoms with E-state index in [9.17, 15) is 14.7 Å². The third-order valence-corrected chi connectivity index (χ3v) is 14.2. The van der Waals surface area contributed by atoms with Crippen molar-refractivity contribution in [2.24, 2.45) is 35.5 Å². The Labute approximate surface area is 407 Å². The zero-order valence-electron chi connectivity index (χ0n) is 41.1. The number of esters is 1. The third-order valence-electron chi connectivity index (χ3n) is 14.2. The van der Waals surface area contributed by atoms with E-state index >= 15 is 0 Å². The summed E-state index contributed by atoms with van der Waals surface area (Å²) in [6.07, 6.45) is 21.6. The second-order valence-electron chi connectivity index (χ2n) is 19.4. The topological polar surface area (TPSA) is 129 Å². The standard InChI is InChI=1S/C55H74N4O5.Mg/c1-13-39-35(8)42-28-44-37(10)41(24-25-48(60)64-27-26-34(7)23-17-22-33(6)21-16-20-32(5)19-15-18-31(3)4)52(58-44)50-51(55(62)63-12)54(61)49-38(11)45(59-53(49)50)30-47-40(14-2)36(9)43(57-47)29-46(39)56-42;/h13,26,28-33,37,41,48,51,60H,1,8,14-25,27H2,2-7,9-12H3,(H-,58,59,61);/q-4;+2/p-1/b34-26+,43-29-,44-28-;/t32-,33-,37+,41+,48?,51-;/m1./s1. The van der Waals surface area contributed by atoms with Crippen LogP contribution in [0.5, 0.6) is 0 Å². The molecule has 1 unspecified atom stereocenters. The molecule has 6 rings (SSSR count). The van der Waals surface area contributed by atoms with Crippen LogP contribution in [0.4, 0.5) is 0 Å². The first-order valence-electron chi connectivity index (χ1n) is 24.0. The number of ketones is 1. The van der Waals surface area contributed by atoms with Gasteiger partial charge in [-0.05, 0) is 86.6 Å². The van der Waals surface area contributed by atoms with Gasteiger partial charge in [0.25, 0.3) is 0 Å². The summed E-state index contributed by atoms with van der Waals surface area (Å²) in [5.74, 6) is 0.735. The number of carbonyl (C=O) groups excluding carboxylic acids is 2. The zero-order valence-corrected chi connectivity index (χ0v) is 42.5. The smallest absolute Gasteiger partial charge is 0.757 e. The summed E-state index contributed by atoms with van der Waals surface area (Å²) in [5.41, 5.74) is 10.2. The van der Waals surface area contributed by atoms with E-state index in [-0.39, 0.29) is 40.7 Å². The summed E-state index contributed by atoms with van der Waals surface area (Å²) in [6.45, 7) is 28.5. The first-order valence-corrected chi connectivity index (χ1v) is 24.0. The Morgan fingerprint density at radius 1 is 1.06 bits per heavy atom. The van der Waals surface area contributed by atoms with Crippen LogP contribution in [0.1, 0.15) is 160 Å². The molecular weight excluding hydrogens is 821 g/mol. The predicted molar refractivity (Wildman–Crippen MR) is 265 cm³/mol. The van der Waals surface area contributed by atoms with E-state index in [2.05, 4.69) is 74.6 Å². The van der Waals surface area contributed by atoms with E-state index in [1.54, 1.807) is 6.08 Å². The van der Waals surface area contributed by atoms with Crippen LogP contribution >= 0.6 is 0 Å². The van der Waals surface area contributed by atoms with Gasteiger partial charge in [0.2, 0.25) is 0 Å². The quantitative estimate of drug-likeness (QED) is 0.0327. The summed E-state index contributed by atoms with van der Waals surface area (Å²) in [5, 5.41) is 26.6. The van der Waals surface area contributed by atoms with E-state index < -0.39 is 18.2 Å². The molecule has 4 aliphatic heterocycles. The van der Waals surface area contributed by atoms with Crippen LogP contribution in [0.2, 0.25) is 0 Å². The van der Waals surface area contributed by atoms with Crippen molar-refractivity contribution in [3.05, 3.63) is 145 Å². The minimum Gasteiger partial charge on any atom is -0.757 e. The van der Waals surface area contributed by atoms with Crippen molar-refractivity contribution in [1.29, 1.82) is 0 Å². The fourth-order valence-electron chi connectivity index (χ4n) is 10.1. The van der Waals surface area contributed by atoms with Gasteiger partial charge >= 0.3 is 29.0 Å². The first kappa shape index (κ1) is 52.0. The molecule has 0 amide bonds. The number of aromatic nitrogens is 1. The van der Waals surface area contributed by atoms with Crippen molar-refractivity contribution in [3.63, 3.8) is 0 Å². The second kappa shape index (κ2) is 23.2. The molecule has 1 saturated heterocycles. The molecule has 0 aromatic carbocycles. The molecule has 6 atom stereocenters. The van der Waals surface area contributed by atoms with Crippen LogP contribution in [0.15, 0.2) is 88.2 Å². The van der Waals surface area contributed by atoms with E-state index in [1.165, 1.54) is 57.6 Å². The number of hydrogen-bond donors (Lipinski definition) is 1. The van der Waals surface area contributed by atoms with E-state index in [4.69, 9.17) is 30.4 Å². The zero-order chi connectivity index (χ0) is 46.4. The minimum absolute atomic E-state index is 0. The van der Waals surface area contributed by atoms with E-state index in [0.717, 1.165) is 82.4 Å². The maximum absolute atomic E-state index is 14.4. The number of carbonyl (C=O) groups is 2. The van der Waals surface area contributed by atoms with Gasteiger partial charge in [0.05, 0.1) is 19.3 Å². The molecule has 0 saturated carbocycles. The molecule has 0 radical (unpaired) electrons. The van der Waals surface area contributed by atoms with Gasteiger partial charge in [-0.2, -0.15) is 11.6 Å². The molecule has 5 heterocycles. The van der Waals surface area contributed by atoms with Crippen LogP contribution in [-0.2, 0) is 14.3 Å². The monoisotopic (exact) mass is 894 g/mol. The average Bonchev–Trinajstić information content (AvgIpc) is 3.99. The number of hydrogen-bond acceptors (Lipinski definition) is 5. The molecule has 8 bridgehead atoms. The molecule has 65 heavy (non-hydrogen) atoms. The minimum atomic E-state index is -1.21. The number of fused-ring (bicyclic) bond motifs is 7. The predicted octanol–water partition coefficient (Wildman–Crippen LogP) is 13.3. The second-order valence-corrected chi connectivity index (χ2v) is 19.4. The molecule has 1 aliphatic carbocycles. The third kappa shape index (κ3) is 11.8. The van der Waals surface area contributed by atoms with Crippen molar-refractivity contribution in [1.82, 2.24) is 4.98 Å². The molecule has 1 aromatic rings. The number of aliphatic hydroxyl groups excluding tert-OH is 1. The Balaban J connectivity index is 0.00000793. The Kier molecular flexibility index (Phi) is 18.5. The van der Waals surface area contributed by atoms with Gasteiger partial charge in [-0.1, -0.05) is 136 Å². The Hall–Kier alpha value is -3.96. The molecule has 5 aliphatic rings. The first-order chi connectivity index (χ1) is 30.6. The van der Waals surface area contributed by atoms with Gasteiger partial charge < -0.3 is 41.2 Å². The fourth-order valence-corrected chi connectivity index (χ4v) is 10.1. The summed E-state index contributed by atoms with van der Waals surface area (Å²) in [6, 6.07) is 0.658. The average molecular weight is 895 g/mol. The molecule has 1 N–H and O–H groups in total. The number of Topliss-reactive ketones (excluding diaryl/α,β-unsaturated/α-hetero) is 1. The Bertz CT molecular complexity index is 2130. The van der Waals surface area contributed by atoms with E-state index in [1.807, 2.05) is 25.5 Å². The number of aliphatic hydroxyl groups is 1. The fraction of sp³-hybridized carbons (Fsp3) is 0.545. The van der Waals surface area contributed by atoms with Crippen molar-refractivity contribution >= 4 is 40.4 Å². The number of ether oxygens (including phenoxy) is 2. The molecule has 0 spiro atoms. The van der Waals surface area contributed by atoms with Crippen molar-refractivity contribution < 1.29 is 24.2 Å². The van der Waals surface area contributed by atoms with Gasteiger partial charge in [-0.3, -0.25) is 33.0 Å². The maximum atomic E-state index is 14.4. The van der Waals surface area contributed by atoms with Crippen LogP contribution in [-0.4, -0.2) is 59.9 Å². The molecule has 10 heteroatoms. The summed E-state index contributed by atoms with van der Waals surface area (Å²) in [7, 11) is 1.30. The van der Waals surface area contributed by atoms with Gasteiger partial charge in [0.15, 0.2) is 12.1 Å². The van der Waals surface area contributed by atoms with Crippen LogP contribution in [0.25, 0.3) is 21.5 Å². The van der Waals surface area contributed by atoms with Crippen LogP contribution < -0.4 is 4.98 Å². The number of allylic oxidation sites excluding steroid dienone is 7. The SMILES string of the molecule is C=CC1=C2/C=C3\[N-]C(=C(CC)[C-]3C)[CH-]c3[n-]c4c(c3C)C(=O)[C@H](C(=O)OC)/C4=C3/[N-]/C(=C\[C+]([N-]2)C1=C)[C@@H](C)[C@@H]3CCC(O)OC/C=C(\C)CCC[C@H](C)CCC[C@H](C)CCCC(C)C.[Mg+2].